The average Bonchev–Trinajstić information content (AvgIpc) is 3.20. The molecule has 0 aliphatic heterocycles. The van der Waals surface area contributed by atoms with Crippen molar-refractivity contribution in [1.82, 2.24) is 29.5 Å². The van der Waals surface area contributed by atoms with E-state index in [1.807, 2.05) is 35.1 Å². The van der Waals surface area contributed by atoms with Crippen LogP contribution in [0.15, 0.2) is 58.3 Å². The molecule has 0 aliphatic carbocycles. The molecule has 0 saturated heterocycles. The number of H-pyrrole nitrogens is 1. The van der Waals surface area contributed by atoms with Gasteiger partial charge >= 0.3 is 5.69 Å². The van der Waals surface area contributed by atoms with Gasteiger partial charge < -0.3 is 10.3 Å². The minimum atomic E-state index is -0.529. The van der Waals surface area contributed by atoms with Crippen molar-refractivity contribution in [3.05, 3.63) is 75.3 Å². The molecule has 1 aromatic carbocycles. The minimum Gasteiger partial charge on any atom is -0.346 e. The van der Waals surface area contributed by atoms with Crippen LogP contribution in [0, 0.1) is 0 Å². The summed E-state index contributed by atoms with van der Waals surface area (Å²) in [5.74, 6) is 1.22. The predicted octanol–water partition coefficient (Wildman–Crippen LogP) is 1.73. The maximum absolute atomic E-state index is 12.7. The Morgan fingerprint density at radius 2 is 1.97 bits per heavy atom. The summed E-state index contributed by atoms with van der Waals surface area (Å²) in [5, 5.41) is 11.8. The number of rotatable bonds is 8. The van der Waals surface area contributed by atoms with Gasteiger partial charge in [-0.15, -0.1) is 10.2 Å². The summed E-state index contributed by atoms with van der Waals surface area (Å²) in [6, 6.07) is 12.1. The summed E-state index contributed by atoms with van der Waals surface area (Å²) in [7, 11) is 0. The smallest absolute Gasteiger partial charge is 0.328 e. The molecule has 0 fully saturated rings. The fraction of sp³-hybridized carbons (Fsp3) is 0.286. The third-order valence-electron chi connectivity index (χ3n) is 5.05. The Kier molecular flexibility index (Phi) is 6.17. The lowest BCUT2D eigenvalue weighted by molar-refractivity contribution is -0.122. The van der Waals surface area contributed by atoms with Crippen LogP contribution in [-0.4, -0.2) is 42.1 Å². The molecule has 160 valence electrons. The van der Waals surface area contributed by atoms with E-state index < -0.39 is 11.2 Å². The van der Waals surface area contributed by atoms with E-state index in [1.165, 1.54) is 0 Å². The molecular weight excluding hydrogens is 416 g/mol. The van der Waals surface area contributed by atoms with E-state index in [-0.39, 0.29) is 24.9 Å². The lowest BCUT2D eigenvalue weighted by Crippen LogP contribution is -2.37. The molecule has 0 spiro atoms. The molecule has 4 aromatic rings. The van der Waals surface area contributed by atoms with Crippen molar-refractivity contribution in [2.45, 2.75) is 25.4 Å². The molecule has 0 bridgehead atoms. The van der Waals surface area contributed by atoms with Crippen LogP contribution in [0.2, 0.25) is 0 Å². The monoisotopic (exact) mass is 438 g/mol. The number of fused-ring (bicyclic) bond motifs is 2. The lowest BCUT2D eigenvalue weighted by atomic mass is 10.2. The van der Waals surface area contributed by atoms with Crippen LogP contribution in [0.1, 0.15) is 24.7 Å². The van der Waals surface area contributed by atoms with Gasteiger partial charge in [0.25, 0.3) is 5.56 Å². The van der Waals surface area contributed by atoms with Crippen molar-refractivity contribution >= 4 is 34.2 Å². The zero-order chi connectivity index (χ0) is 21.8. The largest absolute Gasteiger partial charge is 0.346 e. The Morgan fingerprint density at radius 1 is 1.16 bits per heavy atom. The maximum atomic E-state index is 12.7. The van der Waals surface area contributed by atoms with Crippen molar-refractivity contribution in [3.8, 4) is 0 Å². The quantitative estimate of drug-likeness (QED) is 0.433. The molecule has 31 heavy (non-hydrogen) atoms. The number of hydrogen-bond donors (Lipinski definition) is 2. The number of benzene rings is 1. The standard InChI is InChI=1S/C21H22N6O3S/c1-31-13-10-16(19-25-24-17-8-4-5-11-26(17)19)22-18(28)9-12-27-20(29)14-6-2-3-7-15(14)23-21(27)30/h2-8,11,16H,9-10,12-13H2,1H3,(H,22,28)(H,23,30). The Bertz CT molecular complexity index is 1340. The van der Waals surface area contributed by atoms with Gasteiger partial charge in [-0.1, -0.05) is 18.2 Å². The number of pyridine rings is 1. The summed E-state index contributed by atoms with van der Waals surface area (Å²) in [4.78, 5) is 40.3. The van der Waals surface area contributed by atoms with Gasteiger partial charge in [0.15, 0.2) is 11.5 Å². The van der Waals surface area contributed by atoms with Crippen LogP contribution in [-0.2, 0) is 11.3 Å². The first-order valence-corrected chi connectivity index (χ1v) is 11.3. The fourth-order valence-electron chi connectivity index (χ4n) is 3.48. The molecular formula is C21H22N6O3S. The molecule has 0 radical (unpaired) electrons. The first-order valence-electron chi connectivity index (χ1n) is 9.88. The first kappa shape index (κ1) is 20.9. The number of thioether (sulfide) groups is 1. The van der Waals surface area contributed by atoms with Gasteiger partial charge in [-0.05, 0) is 42.7 Å². The molecule has 2 N–H and O–H groups in total. The Balaban J connectivity index is 1.52. The Hall–Kier alpha value is -3.40. The second-order valence-electron chi connectivity index (χ2n) is 7.07. The number of carbonyl (C=O) groups is 1. The van der Waals surface area contributed by atoms with Crippen molar-refractivity contribution in [3.63, 3.8) is 0 Å². The van der Waals surface area contributed by atoms with Gasteiger partial charge in [0.2, 0.25) is 5.91 Å². The molecule has 0 saturated carbocycles. The van der Waals surface area contributed by atoms with Crippen molar-refractivity contribution < 1.29 is 4.79 Å². The highest BCUT2D eigenvalue weighted by Crippen LogP contribution is 2.18. The zero-order valence-electron chi connectivity index (χ0n) is 16.9. The van der Waals surface area contributed by atoms with E-state index in [1.54, 1.807) is 36.0 Å². The molecule has 1 amide bonds. The molecule has 4 rings (SSSR count). The number of hydrogen-bond acceptors (Lipinski definition) is 6. The normalized spacial score (nSPS) is 12.3. The summed E-state index contributed by atoms with van der Waals surface area (Å²) >= 11 is 1.68. The van der Waals surface area contributed by atoms with Crippen LogP contribution in [0.25, 0.3) is 16.6 Å². The highest BCUT2D eigenvalue weighted by molar-refractivity contribution is 7.98. The topological polar surface area (TPSA) is 114 Å². The number of para-hydroxylation sites is 1. The number of aromatic amines is 1. The van der Waals surface area contributed by atoms with Crippen LogP contribution in [0.5, 0.6) is 0 Å². The molecule has 3 heterocycles. The lowest BCUT2D eigenvalue weighted by Gasteiger charge is -2.17. The summed E-state index contributed by atoms with van der Waals surface area (Å²) in [5.41, 5.74) is 0.248. The molecule has 1 unspecified atom stereocenters. The SMILES string of the molecule is CSCCC(NC(=O)CCn1c(=O)[nH]c2ccccc2c1=O)c1nnc2ccccn12. The van der Waals surface area contributed by atoms with E-state index in [0.29, 0.717) is 28.8 Å². The van der Waals surface area contributed by atoms with Crippen molar-refractivity contribution in [1.29, 1.82) is 0 Å². The third kappa shape index (κ3) is 4.38. The zero-order valence-corrected chi connectivity index (χ0v) is 17.8. The van der Waals surface area contributed by atoms with E-state index in [9.17, 15) is 14.4 Å². The third-order valence-corrected chi connectivity index (χ3v) is 5.69. The second-order valence-corrected chi connectivity index (χ2v) is 8.06. The molecule has 0 aliphatic rings. The number of amides is 1. The van der Waals surface area contributed by atoms with Gasteiger partial charge in [0.05, 0.1) is 16.9 Å². The Morgan fingerprint density at radius 3 is 2.81 bits per heavy atom. The minimum absolute atomic E-state index is 0.00612. The summed E-state index contributed by atoms with van der Waals surface area (Å²) < 4.78 is 2.91. The van der Waals surface area contributed by atoms with Gasteiger partial charge in [0, 0.05) is 19.2 Å². The van der Waals surface area contributed by atoms with E-state index in [2.05, 4.69) is 20.5 Å². The van der Waals surface area contributed by atoms with Crippen molar-refractivity contribution in [2.24, 2.45) is 0 Å². The first-order chi connectivity index (χ1) is 15.1. The summed E-state index contributed by atoms with van der Waals surface area (Å²) in [6.07, 6.45) is 4.53. The molecule has 3 aromatic heterocycles. The van der Waals surface area contributed by atoms with Crippen LogP contribution < -0.4 is 16.6 Å². The van der Waals surface area contributed by atoms with Gasteiger partial charge in [-0.3, -0.25) is 18.6 Å². The number of nitrogens with zero attached hydrogens (tertiary/aromatic N) is 4. The number of aromatic nitrogens is 5. The second kappa shape index (κ2) is 9.17. The van der Waals surface area contributed by atoms with Crippen LogP contribution in [0.3, 0.4) is 0 Å². The van der Waals surface area contributed by atoms with Crippen LogP contribution in [0.4, 0.5) is 0 Å². The number of carbonyl (C=O) groups excluding carboxylic acids is 1. The Labute approximate surface area is 181 Å². The van der Waals surface area contributed by atoms with E-state index in [4.69, 9.17) is 0 Å². The van der Waals surface area contributed by atoms with Gasteiger partial charge in [-0.25, -0.2) is 4.79 Å². The highest BCUT2D eigenvalue weighted by Gasteiger charge is 2.20. The van der Waals surface area contributed by atoms with Gasteiger partial charge in [-0.2, -0.15) is 11.8 Å². The number of nitrogens with one attached hydrogen (secondary N) is 2. The highest BCUT2D eigenvalue weighted by atomic mass is 32.2. The van der Waals surface area contributed by atoms with Gasteiger partial charge in [0.1, 0.15) is 0 Å². The maximum Gasteiger partial charge on any atom is 0.328 e. The predicted molar refractivity (Wildman–Crippen MR) is 120 cm³/mol. The summed E-state index contributed by atoms with van der Waals surface area (Å²) in [6.45, 7) is -0.0132. The molecule has 1 atom stereocenters. The van der Waals surface area contributed by atoms with Crippen molar-refractivity contribution in [2.75, 3.05) is 12.0 Å². The van der Waals surface area contributed by atoms with E-state index >= 15 is 0 Å². The molecule has 9 nitrogen and oxygen atoms in total. The molecule has 10 heteroatoms. The van der Waals surface area contributed by atoms with Crippen LogP contribution >= 0.6 is 11.8 Å². The van der Waals surface area contributed by atoms with E-state index in [0.717, 1.165) is 10.3 Å². The average molecular weight is 439 g/mol. The fourth-order valence-corrected chi connectivity index (χ4v) is 3.95.